The molecule has 1 aromatic carbocycles. The predicted octanol–water partition coefficient (Wildman–Crippen LogP) is 4.92. The summed E-state index contributed by atoms with van der Waals surface area (Å²) in [5.74, 6) is 0.778. The van der Waals surface area contributed by atoms with E-state index in [2.05, 4.69) is 35.1 Å². The van der Waals surface area contributed by atoms with Gasteiger partial charge in [0.15, 0.2) is 11.5 Å². The highest BCUT2D eigenvalue weighted by Gasteiger charge is 2.47. The molecule has 4 nitrogen and oxygen atoms in total. The first-order valence-corrected chi connectivity index (χ1v) is 9.74. The fourth-order valence-corrected chi connectivity index (χ4v) is 4.22. The van der Waals surface area contributed by atoms with Crippen molar-refractivity contribution in [2.75, 3.05) is 0 Å². The molecule has 136 valence electrons. The Labute approximate surface area is 161 Å². The molecule has 5 heteroatoms. The van der Waals surface area contributed by atoms with Crippen LogP contribution in [0.4, 0.5) is 0 Å². The fourth-order valence-electron chi connectivity index (χ4n) is 3.95. The number of hydrogen-bond donors (Lipinski definition) is 1. The Morgan fingerprint density at radius 1 is 1.15 bits per heavy atom. The smallest absolute Gasteiger partial charge is 0.287 e. The molecule has 0 spiro atoms. The summed E-state index contributed by atoms with van der Waals surface area (Å²) in [5.41, 5.74) is 1.94. The molecule has 0 bridgehead atoms. The van der Waals surface area contributed by atoms with Crippen LogP contribution in [0.5, 0.6) is 0 Å². The van der Waals surface area contributed by atoms with Crippen molar-refractivity contribution in [2.24, 2.45) is 5.41 Å². The minimum absolute atomic E-state index is 0.0746. The SMILES string of the molecule is Cc1c(C(=O)NC2(c3ccc(Br)cc3)CC2)oc2c1C(=O)CC(C)(C)C2. The Morgan fingerprint density at radius 2 is 1.81 bits per heavy atom. The van der Waals surface area contributed by atoms with Crippen LogP contribution in [0.15, 0.2) is 33.2 Å². The van der Waals surface area contributed by atoms with E-state index in [4.69, 9.17) is 4.42 Å². The van der Waals surface area contributed by atoms with Gasteiger partial charge >= 0.3 is 0 Å². The fraction of sp³-hybridized carbons (Fsp3) is 0.429. The lowest BCUT2D eigenvalue weighted by molar-refractivity contribution is 0.0879. The van der Waals surface area contributed by atoms with Crippen LogP contribution in [-0.4, -0.2) is 11.7 Å². The second-order valence-electron chi connectivity index (χ2n) is 8.34. The zero-order chi connectivity index (χ0) is 18.7. The molecule has 1 saturated carbocycles. The zero-order valence-electron chi connectivity index (χ0n) is 15.2. The van der Waals surface area contributed by atoms with Crippen molar-refractivity contribution in [3.05, 3.63) is 56.9 Å². The lowest BCUT2D eigenvalue weighted by Gasteiger charge is -2.27. The minimum atomic E-state index is -0.319. The number of hydrogen-bond acceptors (Lipinski definition) is 3. The first kappa shape index (κ1) is 17.5. The van der Waals surface area contributed by atoms with Gasteiger partial charge in [-0.1, -0.05) is 41.9 Å². The number of ketones is 1. The molecule has 1 heterocycles. The van der Waals surface area contributed by atoms with Crippen molar-refractivity contribution < 1.29 is 14.0 Å². The van der Waals surface area contributed by atoms with Crippen LogP contribution in [-0.2, 0) is 12.0 Å². The summed E-state index contributed by atoms with van der Waals surface area (Å²) in [6.45, 7) is 5.92. The van der Waals surface area contributed by atoms with E-state index in [0.29, 0.717) is 29.7 Å². The van der Waals surface area contributed by atoms with Crippen LogP contribution in [0.2, 0.25) is 0 Å². The van der Waals surface area contributed by atoms with Gasteiger partial charge in [0.25, 0.3) is 5.91 Å². The maximum absolute atomic E-state index is 12.9. The van der Waals surface area contributed by atoms with Crippen molar-refractivity contribution in [1.82, 2.24) is 5.32 Å². The van der Waals surface area contributed by atoms with E-state index < -0.39 is 0 Å². The Bertz CT molecular complexity index is 904. The average Bonchev–Trinajstić information content (AvgIpc) is 3.24. The molecule has 1 fully saturated rings. The molecule has 4 rings (SSSR count). The summed E-state index contributed by atoms with van der Waals surface area (Å²) in [7, 11) is 0. The second kappa shape index (κ2) is 5.81. The third kappa shape index (κ3) is 2.92. The van der Waals surface area contributed by atoms with Gasteiger partial charge in [-0.3, -0.25) is 9.59 Å². The molecule has 1 N–H and O–H groups in total. The summed E-state index contributed by atoms with van der Waals surface area (Å²) >= 11 is 3.44. The van der Waals surface area contributed by atoms with E-state index in [1.165, 1.54) is 0 Å². The van der Waals surface area contributed by atoms with Gasteiger partial charge in [0.2, 0.25) is 0 Å². The zero-order valence-corrected chi connectivity index (χ0v) is 16.8. The minimum Gasteiger partial charge on any atom is -0.455 e. The summed E-state index contributed by atoms with van der Waals surface area (Å²) in [6, 6.07) is 8.03. The van der Waals surface area contributed by atoms with E-state index >= 15 is 0 Å². The topological polar surface area (TPSA) is 59.3 Å². The van der Waals surface area contributed by atoms with Gasteiger partial charge in [-0.05, 0) is 42.9 Å². The Balaban J connectivity index is 1.62. The van der Waals surface area contributed by atoms with Gasteiger partial charge in [-0.25, -0.2) is 0 Å². The molecule has 0 saturated heterocycles. The van der Waals surface area contributed by atoms with Crippen LogP contribution in [0, 0.1) is 12.3 Å². The number of halogens is 1. The van der Waals surface area contributed by atoms with E-state index in [1.54, 1.807) is 0 Å². The molecule has 1 aromatic heterocycles. The van der Waals surface area contributed by atoms with E-state index in [0.717, 1.165) is 22.9 Å². The number of carbonyl (C=O) groups is 2. The Hall–Kier alpha value is -1.88. The maximum Gasteiger partial charge on any atom is 0.287 e. The van der Waals surface area contributed by atoms with Crippen LogP contribution < -0.4 is 5.32 Å². The third-order valence-electron chi connectivity index (χ3n) is 5.48. The quantitative estimate of drug-likeness (QED) is 0.773. The Morgan fingerprint density at radius 3 is 2.42 bits per heavy atom. The summed E-state index contributed by atoms with van der Waals surface area (Å²) in [6.07, 6.45) is 2.99. The van der Waals surface area contributed by atoms with Crippen LogP contribution in [0.25, 0.3) is 0 Å². The highest BCUT2D eigenvalue weighted by atomic mass is 79.9. The first-order valence-electron chi connectivity index (χ1n) is 8.95. The van der Waals surface area contributed by atoms with Crippen LogP contribution in [0.1, 0.15) is 70.9 Å². The Kier molecular flexibility index (Phi) is 3.92. The average molecular weight is 416 g/mol. The van der Waals surface area contributed by atoms with Gasteiger partial charge in [-0.2, -0.15) is 0 Å². The van der Waals surface area contributed by atoms with Crippen molar-refractivity contribution in [1.29, 1.82) is 0 Å². The highest BCUT2D eigenvalue weighted by Crippen LogP contribution is 2.46. The summed E-state index contributed by atoms with van der Waals surface area (Å²) in [4.78, 5) is 25.4. The monoisotopic (exact) mass is 415 g/mol. The third-order valence-corrected chi connectivity index (χ3v) is 6.01. The molecule has 0 atom stereocenters. The van der Waals surface area contributed by atoms with Gasteiger partial charge in [0.05, 0.1) is 11.1 Å². The summed E-state index contributed by atoms with van der Waals surface area (Å²) in [5, 5.41) is 3.15. The van der Waals surface area contributed by atoms with E-state index in [1.807, 2.05) is 31.2 Å². The molecule has 0 aliphatic heterocycles. The molecule has 1 amide bonds. The van der Waals surface area contributed by atoms with Gasteiger partial charge in [-0.15, -0.1) is 0 Å². The van der Waals surface area contributed by atoms with Crippen molar-refractivity contribution in [3.8, 4) is 0 Å². The molecule has 2 aliphatic rings. The summed E-state index contributed by atoms with van der Waals surface area (Å²) < 4.78 is 6.91. The van der Waals surface area contributed by atoms with Crippen molar-refractivity contribution in [2.45, 2.75) is 52.0 Å². The molecule has 0 radical (unpaired) electrons. The largest absolute Gasteiger partial charge is 0.455 e. The molecule has 2 aromatic rings. The first-order chi connectivity index (χ1) is 12.2. The number of fused-ring (bicyclic) bond motifs is 1. The molecule has 0 unspecified atom stereocenters. The van der Waals surface area contributed by atoms with Gasteiger partial charge in [0.1, 0.15) is 5.76 Å². The molecular weight excluding hydrogens is 394 g/mol. The predicted molar refractivity (Wildman–Crippen MR) is 102 cm³/mol. The van der Waals surface area contributed by atoms with Crippen LogP contribution >= 0.6 is 15.9 Å². The number of Topliss-reactive ketones (excluding diaryl/α,β-unsaturated/α-hetero) is 1. The highest BCUT2D eigenvalue weighted by molar-refractivity contribution is 9.10. The van der Waals surface area contributed by atoms with E-state index in [9.17, 15) is 9.59 Å². The van der Waals surface area contributed by atoms with Gasteiger partial charge < -0.3 is 9.73 Å². The maximum atomic E-state index is 12.9. The van der Waals surface area contributed by atoms with Crippen LogP contribution in [0.3, 0.4) is 0 Å². The number of rotatable bonds is 3. The second-order valence-corrected chi connectivity index (χ2v) is 9.25. The molecular formula is C21H22BrNO3. The van der Waals surface area contributed by atoms with Gasteiger partial charge in [0, 0.05) is 22.9 Å². The standard InChI is InChI=1S/C21H22BrNO3/c1-12-17-15(24)10-20(2,3)11-16(17)26-18(12)19(25)23-21(8-9-21)13-4-6-14(22)7-5-13/h4-7H,8-11H2,1-3H3,(H,23,25). The number of benzene rings is 1. The van der Waals surface area contributed by atoms with Crippen molar-refractivity contribution in [3.63, 3.8) is 0 Å². The number of furan rings is 1. The number of nitrogens with one attached hydrogen (secondary N) is 1. The molecule has 26 heavy (non-hydrogen) atoms. The van der Waals surface area contributed by atoms with E-state index in [-0.39, 0.29) is 28.4 Å². The lowest BCUT2D eigenvalue weighted by Crippen LogP contribution is -2.35. The van der Waals surface area contributed by atoms with Crippen molar-refractivity contribution >= 4 is 27.6 Å². The normalized spacial score (nSPS) is 19.8. The lowest BCUT2D eigenvalue weighted by atomic mass is 9.76. The molecule has 2 aliphatic carbocycles. The number of carbonyl (C=O) groups excluding carboxylic acids is 2. The number of amides is 1.